The molecule has 0 bridgehead atoms. The third kappa shape index (κ3) is 5.05. The number of amides is 1. The molecule has 0 unspecified atom stereocenters. The minimum atomic E-state index is -1.52. The van der Waals surface area contributed by atoms with Gasteiger partial charge in [-0.2, -0.15) is 5.26 Å². The molecular formula is C17H19BrF2N2O3. The standard InChI is InChI=1S/C17H19BrF2N2O3/c1-17(2,3)25-16(23)22-5-4-14(13(20)9-22)24-15-10(8-21)6-11(18)7-12(15)19/h6-7,13-14H,4-5,9H2,1-3H3/t13-,14+/m1/s1. The van der Waals surface area contributed by atoms with Crippen LogP contribution >= 0.6 is 15.9 Å². The van der Waals surface area contributed by atoms with Gasteiger partial charge in [0, 0.05) is 17.4 Å². The van der Waals surface area contributed by atoms with Gasteiger partial charge in [-0.15, -0.1) is 0 Å². The van der Waals surface area contributed by atoms with Crippen LogP contribution in [0.3, 0.4) is 0 Å². The molecule has 1 aliphatic rings. The van der Waals surface area contributed by atoms with E-state index < -0.39 is 29.8 Å². The maximum atomic E-state index is 14.4. The number of benzene rings is 1. The minimum Gasteiger partial charge on any atom is -0.483 e. The first-order chi connectivity index (χ1) is 11.6. The number of likely N-dealkylation sites (tertiary alicyclic amines) is 1. The summed E-state index contributed by atoms with van der Waals surface area (Å²) in [5, 5.41) is 9.10. The molecule has 2 atom stereocenters. The van der Waals surface area contributed by atoms with Crippen LogP contribution in [0.4, 0.5) is 13.6 Å². The lowest BCUT2D eigenvalue weighted by atomic mass is 10.1. The Balaban J connectivity index is 2.06. The third-order valence-corrected chi connectivity index (χ3v) is 3.99. The van der Waals surface area contributed by atoms with E-state index in [0.29, 0.717) is 4.47 Å². The van der Waals surface area contributed by atoms with Gasteiger partial charge in [0.1, 0.15) is 17.8 Å². The largest absolute Gasteiger partial charge is 0.483 e. The Hall–Kier alpha value is -1.88. The van der Waals surface area contributed by atoms with E-state index in [-0.39, 0.29) is 30.8 Å². The summed E-state index contributed by atoms with van der Waals surface area (Å²) in [6.07, 6.45) is -2.89. The van der Waals surface area contributed by atoms with E-state index in [0.717, 1.165) is 6.07 Å². The van der Waals surface area contributed by atoms with Gasteiger partial charge in [-0.1, -0.05) is 15.9 Å². The first-order valence-corrected chi connectivity index (χ1v) is 8.58. The number of nitriles is 1. The highest BCUT2D eigenvalue weighted by atomic mass is 79.9. The predicted octanol–water partition coefficient (Wildman–Crippen LogP) is 4.19. The van der Waals surface area contributed by atoms with Crippen LogP contribution in [0.5, 0.6) is 5.75 Å². The summed E-state index contributed by atoms with van der Waals surface area (Å²) in [4.78, 5) is 13.3. The summed E-state index contributed by atoms with van der Waals surface area (Å²) >= 11 is 3.09. The molecule has 1 amide bonds. The molecule has 0 N–H and O–H groups in total. The topological polar surface area (TPSA) is 62.6 Å². The van der Waals surface area contributed by atoms with Gasteiger partial charge in [0.05, 0.1) is 12.1 Å². The molecule has 0 aliphatic carbocycles. The monoisotopic (exact) mass is 416 g/mol. The van der Waals surface area contributed by atoms with Crippen LogP contribution in [-0.4, -0.2) is 42.0 Å². The Morgan fingerprint density at radius 1 is 1.44 bits per heavy atom. The van der Waals surface area contributed by atoms with E-state index in [9.17, 15) is 13.6 Å². The molecule has 2 rings (SSSR count). The number of carbonyl (C=O) groups is 1. The molecule has 136 valence electrons. The molecular weight excluding hydrogens is 398 g/mol. The van der Waals surface area contributed by atoms with Crippen molar-refractivity contribution in [2.45, 2.75) is 45.1 Å². The molecule has 1 aromatic carbocycles. The summed E-state index contributed by atoms with van der Waals surface area (Å²) in [6, 6.07) is 4.39. The molecule has 1 aliphatic heterocycles. The maximum absolute atomic E-state index is 14.4. The SMILES string of the molecule is CC(C)(C)OC(=O)N1CC[C@H](Oc2c(F)cc(Br)cc2C#N)[C@H](F)C1. The van der Waals surface area contributed by atoms with Gasteiger partial charge in [0.25, 0.3) is 0 Å². The summed E-state index contributed by atoms with van der Waals surface area (Å²) in [7, 11) is 0. The Kier molecular flexibility index (Phi) is 5.88. The van der Waals surface area contributed by atoms with Crippen molar-refractivity contribution < 1.29 is 23.0 Å². The summed E-state index contributed by atoms with van der Waals surface area (Å²) in [5.41, 5.74) is -0.688. The molecule has 0 spiro atoms. The second-order valence-corrected chi connectivity index (χ2v) is 7.68. The van der Waals surface area contributed by atoms with Gasteiger partial charge in [0.15, 0.2) is 17.7 Å². The van der Waals surface area contributed by atoms with Gasteiger partial charge >= 0.3 is 6.09 Å². The van der Waals surface area contributed by atoms with Gasteiger partial charge in [-0.3, -0.25) is 0 Å². The third-order valence-electron chi connectivity index (χ3n) is 3.53. The molecule has 0 radical (unpaired) electrons. The van der Waals surface area contributed by atoms with Crippen molar-refractivity contribution in [1.82, 2.24) is 4.90 Å². The van der Waals surface area contributed by atoms with Crippen molar-refractivity contribution >= 4 is 22.0 Å². The number of carbonyl (C=O) groups excluding carboxylic acids is 1. The van der Waals surface area contributed by atoms with Crippen molar-refractivity contribution in [3.05, 3.63) is 28.0 Å². The molecule has 1 aromatic rings. The van der Waals surface area contributed by atoms with Crippen LogP contribution in [0.2, 0.25) is 0 Å². The van der Waals surface area contributed by atoms with Crippen LogP contribution in [0.15, 0.2) is 16.6 Å². The molecule has 8 heteroatoms. The first-order valence-electron chi connectivity index (χ1n) is 7.78. The lowest BCUT2D eigenvalue weighted by Gasteiger charge is -2.35. The van der Waals surface area contributed by atoms with Crippen LogP contribution in [-0.2, 0) is 4.74 Å². The van der Waals surface area contributed by atoms with E-state index in [4.69, 9.17) is 14.7 Å². The number of hydrogen-bond acceptors (Lipinski definition) is 4. The molecule has 0 aromatic heterocycles. The zero-order valence-corrected chi connectivity index (χ0v) is 15.8. The summed E-state index contributed by atoms with van der Waals surface area (Å²) in [5.74, 6) is -1.02. The molecule has 25 heavy (non-hydrogen) atoms. The van der Waals surface area contributed by atoms with Crippen LogP contribution in [0.1, 0.15) is 32.8 Å². The average molecular weight is 417 g/mol. The Morgan fingerprint density at radius 2 is 2.12 bits per heavy atom. The Labute approximate surface area is 153 Å². The maximum Gasteiger partial charge on any atom is 0.410 e. The van der Waals surface area contributed by atoms with E-state index in [2.05, 4.69) is 15.9 Å². The average Bonchev–Trinajstić information content (AvgIpc) is 2.49. The quantitative estimate of drug-likeness (QED) is 0.724. The second kappa shape index (κ2) is 7.56. The highest BCUT2D eigenvalue weighted by Gasteiger charge is 2.35. The van der Waals surface area contributed by atoms with Gasteiger partial charge in [0.2, 0.25) is 0 Å². The molecule has 1 saturated heterocycles. The lowest BCUT2D eigenvalue weighted by molar-refractivity contribution is -0.0113. The number of halogens is 3. The summed E-state index contributed by atoms with van der Waals surface area (Å²) in [6.45, 7) is 5.20. The normalized spacial score (nSPS) is 20.8. The highest BCUT2D eigenvalue weighted by Crippen LogP contribution is 2.30. The molecule has 0 saturated carbocycles. The Morgan fingerprint density at radius 3 is 2.68 bits per heavy atom. The van der Waals surface area contributed by atoms with Gasteiger partial charge in [-0.25, -0.2) is 13.6 Å². The predicted molar refractivity (Wildman–Crippen MR) is 90.6 cm³/mol. The summed E-state index contributed by atoms with van der Waals surface area (Å²) < 4.78 is 39.5. The van der Waals surface area contributed by atoms with E-state index >= 15 is 0 Å². The second-order valence-electron chi connectivity index (χ2n) is 6.76. The number of alkyl halides is 1. The number of nitrogens with zero attached hydrogens (tertiary/aromatic N) is 2. The highest BCUT2D eigenvalue weighted by molar-refractivity contribution is 9.10. The van der Waals surface area contributed by atoms with Crippen molar-refractivity contribution in [2.75, 3.05) is 13.1 Å². The lowest BCUT2D eigenvalue weighted by Crippen LogP contribution is -2.50. The fourth-order valence-electron chi connectivity index (χ4n) is 2.42. The fraction of sp³-hybridized carbons (Fsp3) is 0.529. The number of ether oxygens (including phenoxy) is 2. The number of rotatable bonds is 2. The smallest absolute Gasteiger partial charge is 0.410 e. The Bertz CT molecular complexity index is 700. The van der Waals surface area contributed by atoms with Crippen LogP contribution in [0, 0.1) is 17.1 Å². The number of piperidine rings is 1. The molecule has 1 heterocycles. The van der Waals surface area contributed by atoms with Crippen molar-refractivity contribution in [1.29, 1.82) is 5.26 Å². The van der Waals surface area contributed by atoms with Crippen molar-refractivity contribution in [3.8, 4) is 11.8 Å². The molecule has 1 fully saturated rings. The zero-order chi connectivity index (χ0) is 18.8. The van der Waals surface area contributed by atoms with Gasteiger partial charge in [-0.05, 0) is 32.9 Å². The van der Waals surface area contributed by atoms with Crippen LogP contribution < -0.4 is 4.74 Å². The zero-order valence-electron chi connectivity index (χ0n) is 14.2. The van der Waals surface area contributed by atoms with E-state index in [1.807, 2.05) is 6.07 Å². The fourth-order valence-corrected chi connectivity index (χ4v) is 2.85. The molecule has 5 nitrogen and oxygen atoms in total. The first kappa shape index (κ1) is 19.4. The van der Waals surface area contributed by atoms with Crippen molar-refractivity contribution in [2.24, 2.45) is 0 Å². The van der Waals surface area contributed by atoms with Crippen LogP contribution in [0.25, 0.3) is 0 Å². The van der Waals surface area contributed by atoms with Gasteiger partial charge < -0.3 is 14.4 Å². The number of hydrogen-bond donors (Lipinski definition) is 0. The van der Waals surface area contributed by atoms with E-state index in [1.165, 1.54) is 11.0 Å². The van der Waals surface area contributed by atoms with E-state index in [1.54, 1.807) is 20.8 Å². The minimum absolute atomic E-state index is 0.0198. The van der Waals surface area contributed by atoms with Crippen molar-refractivity contribution in [3.63, 3.8) is 0 Å².